The molecule has 2 aromatic rings. The van der Waals surface area contributed by atoms with Crippen LogP contribution in [0.4, 0.5) is 10.5 Å². The molecule has 1 aliphatic heterocycles. The van der Waals surface area contributed by atoms with E-state index in [-0.39, 0.29) is 25.4 Å². The summed E-state index contributed by atoms with van der Waals surface area (Å²) >= 11 is 0. The molecule has 0 bridgehead atoms. The highest BCUT2D eigenvalue weighted by Crippen LogP contribution is 2.19. The van der Waals surface area contributed by atoms with Crippen molar-refractivity contribution in [1.82, 2.24) is 15.5 Å². The highest BCUT2D eigenvalue weighted by Gasteiger charge is 2.40. The molecule has 0 radical (unpaired) electrons. The Labute approximate surface area is 173 Å². The fourth-order valence-corrected chi connectivity index (χ4v) is 3.26. The van der Waals surface area contributed by atoms with Gasteiger partial charge >= 0.3 is 12.0 Å². The van der Waals surface area contributed by atoms with E-state index in [0.29, 0.717) is 11.3 Å². The Hall–Kier alpha value is -3.88. The molecule has 30 heavy (non-hydrogen) atoms. The molecule has 156 valence electrons. The van der Waals surface area contributed by atoms with Crippen molar-refractivity contribution in [1.29, 1.82) is 0 Å². The Kier molecular flexibility index (Phi) is 6.63. The lowest BCUT2D eigenvalue weighted by atomic mass is 10.1. The second kappa shape index (κ2) is 9.55. The summed E-state index contributed by atoms with van der Waals surface area (Å²) in [5.41, 5.74) is 1.02. The van der Waals surface area contributed by atoms with Crippen molar-refractivity contribution in [3.63, 3.8) is 0 Å². The molecule has 4 amide bonds. The molecule has 0 aliphatic carbocycles. The quantitative estimate of drug-likeness (QED) is 0.571. The minimum Gasteiger partial charge on any atom is -0.480 e. The summed E-state index contributed by atoms with van der Waals surface area (Å²) < 4.78 is 0. The van der Waals surface area contributed by atoms with Crippen molar-refractivity contribution in [2.45, 2.75) is 18.5 Å². The zero-order valence-electron chi connectivity index (χ0n) is 16.1. The van der Waals surface area contributed by atoms with E-state index >= 15 is 0 Å². The van der Waals surface area contributed by atoms with E-state index in [2.05, 4.69) is 16.0 Å². The van der Waals surface area contributed by atoms with Crippen molar-refractivity contribution in [3.8, 4) is 0 Å². The topological polar surface area (TPSA) is 128 Å². The summed E-state index contributed by atoms with van der Waals surface area (Å²) in [5.74, 6) is -2.03. The summed E-state index contributed by atoms with van der Waals surface area (Å²) in [6.45, 7) is -0.307. The third-order valence-electron chi connectivity index (χ3n) is 4.71. The van der Waals surface area contributed by atoms with Crippen LogP contribution < -0.4 is 16.0 Å². The van der Waals surface area contributed by atoms with Crippen LogP contribution in [0.25, 0.3) is 0 Å². The molecule has 3 rings (SSSR count). The SMILES string of the molecule is O=C(NCC(=O)N1C[C@H](NC(=O)c2ccccc2)C[C@H]1C(=O)O)Nc1ccccc1. The van der Waals surface area contributed by atoms with Gasteiger partial charge in [-0.2, -0.15) is 0 Å². The molecule has 0 unspecified atom stereocenters. The molecule has 1 fully saturated rings. The minimum atomic E-state index is -1.16. The number of hydrogen-bond donors (Lipinski definition) is 4. The maximum atomic E-state index is 12.5. The minimum absolute atomic E-state index is 0.0519. The number of aliphatic carboxylic acids is 1. The van der Waals surface area contributed by atoms with Crippen molar-refractivity contribution < 1.29 is 24.3 Å². The Balaban J connectivity index is 1.55. The van der Waals surface area contributed by atoms with Gasteiger partial charge in [-0.15, -0.1) is 0 Å². The Morgan fingerprint density at radius 3 is 2.23 bits per heavy atom. The first-order valence-corrected chi connectivity index (χ1v) is 9.42. The van der Waals surface area contributed by atoms with Gasteiger partial charge < -0.3 is 26.0 Å². The van der Waals surface area contributed by atoms with Gasteiger partial charge in [-0.25, -0.2) is 9.59 Å². The third kappa shape index (κ3) is 5.34. The van der Waals surface area contributed by atoms with Gasteiger partial charge in [0.1, 0.15) is 6.04 Å². The summed E-state index contributed by atoms with van der Waals surface area (Å²) in [7, 11) is 0. The van der Waals surface area contributed by atoms with Gasteiger partial charge in [0.05, 0.1) is 6.54 Å². The Morgan fingerprint density at radius 2 is 1.60 bits per heavy atom. The van der Waals surface area contributed by atoms with E-state index in [1.165, 1.54) is 4.90 Å². The molecule has 1 heterocycles. The lowest BCUT2D eigenvalue weighted by Gasteiger charge is -2.21. The second-order valence-corrected chi connectivity index (χ2v) is 6.85. The third-order valence-corrected chi connectivity index (χ3v) is 4.71. The van der Waals surface area contributed by atoms with Crippen LogP contribution in [0.3, 0.4) is 0 Å². The molecule has 2 atom stereocenters. The fraction of sp³-hybridized carbons (Fsp3) is 0.238. The number of carboxylic acids is 1. The summed E-state index contributed by atoms with van der Waals surface area (Å²) in [4.78, 5) is 49.5. The number of carbonyl (C=O) groups excluding carboxylic acids is 3. The number of para-hydroxylation sites is 1. The van der Waals surface area contributed by atoms with Crippen LogP contribution in [0.5, 0.6) is 0 Å². The first-order valence-electron chi connectivity index (χ1n) is 9.42. The van der Waals surface area contributed by atoms with Crippen LogP contribution >= 0.6 is 0 Å². The predicted octanol–water partition coefficient (Wildman–Crippen LogP) is 1.29. The van der Waals surface area contributed by atoms with Gasteiger partial charge in [0, 0.05) is 30.3 Å². The summed E-state index contributed by atoms with van der Waals surface area (Å²) in [6.07, 6.45) is 0.0931. The highest BCUT2D eigenvalue weighted by atomic mass is 16.4. The van der Waals surface area contributed by atoms with E-state index in [1.807, 2.05) is 0 Å². The molecule has 9 heteroatoms. The average Bonchev–Trinajstić information content (AvgIpc) is 3.17. The van der Waals surface area contributed by atoms with E-state index in [4.69, 9.17) is 0 Å². The van der Waals surface area contributed by atoms with Gasteiger partial charge in [-0.1, -0.05) is 36.4 Å². The number of rotatable bonds is 6. The number of urea groups is 1. The normalized spacial score (nSPS) is 17.8. The maximum Gasteiger partial charge on any atom is 0.326 e. The number of likely N-dealkylation sites (tertiary alicyclic amines) is 1. The van der Waals surface area contributed by atoms with Crippen molar-refractivity contribution in [2.75, 3.05) is 18.4 Å². The molecule has 2 aromatic carbocycles. The molecule has 0 saturated carbocycles. The largest absolute Gasteiger partial charge is 0.480 e. The van der Waals surface area contributed by atoms with Gasteiger partial charge in [-0.05, 0) is 24.3 Å². The maximum absolute atomic E-state index is 12.5. The highest BCUT2D eigenvalue weighted by molar-refractivity contribution is 5.95. The number of hydrogen-bond acceptors (Lipinski definition) is 4. The first kappa shape index (κ1) is 20.8. The Bertz CT molecular complexity index is 920. The van der Waals surface area contributed by atoms with Gasteiger partial charge in [0.25, 0.3) is 5.91 Å². The van der Waals surface area contributed by atoms with E-state index < -0.39 is 30.0 Å². The summed E-state index contributed by atoms with van der Waals surface area (Å²) in [5, 5.41) is 17.2. The summed E-state index contributed by atoms with van der Waals surface area (Å²) in [6, 6.07) is 15.1. The smallest absolute Gasteiger partial charge is 0.326 e. The Morgan fingerprint density at radius 1 is 0.967 bits per heavy atom. The lowest BCUT2D eigenvalue weighted by molar-refractivity contribution is -0.147. The van der Waals surface area contributed by atoms with Gasteiger partial charge in [0.2, 0.25) is 5.91 Å². The number of benzene rings is 2. The molecular weight excluding hydrogens is 388 g/mol. The van der Waals surface area contributed by atoms with Crippen LogP contribution in [0, 0.1) is 0 Å². The second-order valence-electron chi connectivity index (χ2n) is 6.85. The zero-order chi connectivity index (χ0) is 21.5. The van der Waals surface area contributed by atoms with Crippen LogP contribution in [0.2, 0.25) is 0 Å². The number of nitrogens with one attached hydrogen (secondary N) is 3. The van der Waals surface area contributed by atoms with Crippen LogP contribution in [0.1, 0.15) is 16.8 Å². The van der Waals surface area contributed by atoms with Crippen LogP contribution in [-0.4, -0.2) is 59.0 Å². The first-order chi connectivity index (χ1) is 14.4. The lowest BCUT2D eigenvalue weighted by Crippen LogP contribution is -2.46. The predicted molar refractivity (Wildman–Crippen MR) is 109 cm³/mol. The van der Waals surface area contributed by atoms with Gasteiger partial charge in [0.15, 0.2) is 0 Å². The van der Waals surface area contributed by atoms with Crippen LogP contribution in [0.15, 0.2) is 60.7 Å². The monoisotopic (exact) mass is 410 g/mol. The number of nitrogens with zero attached hydrogens (tertiary/aromatic N) is 1. The van der Waals surface area contributed by atoms with Gasteiger partial charge in [-0.3, -0.25) is 9.59 Å². The molecular formula is C21H22N4O5. The van der Waals surface area contributed by atoms with Crippen molar-refractivity contribution >= 4 is 29.5 Å². The molecule has 1 saturated heterocycles. The molecule has 0 spiro atoms. The molecule has 1 aliphatic rings. The zero-order valence-corrected chi connectivity index (χ0v) is 16.1. The number of carbonyl (C=O) groups is 4. The molecule has 9 nitrogen and oxygen atoms in total. The van der Waals surface area contributed by atoms with E-state index in [1.54, 1.807) is 60.7 Å². The number of amides is 4. The molecule has 0 aromatic heterocycles. The van der Waals surface area contributed by atoms with E-state index in [9.17, 15) is 24.3 Å². The average molecular weight is 410 g/mol. The van der Waals surface area contributed by atoms with Crippen molar-refractivity contribution in [2.24, 2.45) is 0 Å². The van der Waals surface area contributed by atoms with Crippen LogP contribution in [-0.2, 0) is 9.59 Å². The molecule has 4 N–H and O–H groups in total. The number of anilines is 1. The fourth-order valence-electron chi connectivity index (χ4n) is 3.26. The van der Waals surface area contributed by atoms with E-state index in [0.717, 1.165) is 0 Å². The van der Waals surface area contributed by atoms with Crippen molar-refractivity contribution in [3.05, 3.63) is 66.2 Å². The number of carboxylic acid groups (broad SMARTS) is 1. The standard InChI is InChI=1S/C21H22N4O5/c26-18(12-22-21(30)24-15-9-5-2-6-10-15)25-13-16(11-17(25)20(28)29)23-19(27)14-7-3-1-4-8-14/h1-10,16-17H,11-13H2,(H,23,27)(H,28,29)(H2,22,24,30)/t16-,17+/m1/s1.